The van der Waals surface area contributed by atoms with Crippen LogP contribution in [0.2, 0.25) is 0 Å². The molecule has 0 amide bonds. The summed E-state index contributed by atoms with van der Waals surface area (Å²) in [7, 11) is 3.88. The number of nitrogens with zero attached hydrogens (tertiary/aromatic N) is 1. The zero-order valence-electron chi connectivity index (χ0n) is 38.4. The highest BCUT2D eigenvalue weighted by atomic mass is 16.5. The van der Waals surface area contributed by atoms with E-state index in [2.05, 4.69) is 26.0 Å². The molecule has 0 aliphatic carbocycles. The van der Waals surface area contributed by atoms with Crippen LogP contribution >= 0.6 is 0 Å². The molecule has 0 aromatic heterocycles. The Morgan fingerprint density at radius 3 is 1.26 bits per heavy atom. The lowest BCUT2D eigenvalue weighted by atomic mass is 9.93. The first-order valence-electron chi connectivity index (χ1n) is 24.7. The molecule has 0 saturated carbocycles. The van der Waals surface area contributed by atoms with Gasteiger partial charge in [-0.1, -0.05) is 180 Å². The molecular weight excluding hydrogens is 711 g/mol. The van der Waals surface area contributed by atoms with Crippen LogP contribution in [-0.2, 0) is 28.6 Å². The van der Waals surface area contributed by atoms with Gasteiger partial charge in [-0.05, 0) is 77.8 Å². The molecule has 336 valence electrons. The van der Waals surface area contributed by atoms with Gasteiger partial charge in [0.25, 0.3) is 0 Å². The minimum Gasteiger partial charge on any atom is -0.466 e. The lowest BCUT2D eigenvalue weighted by Gasteiger charge is -2.17. The van der Waals surface area contributed by atoms with Crippen molar-refractivity contribution in [3.8, 4) is 0 Å². The molecular formula is C50H95NO6. The van der Waals surface area contributed by atoms with Crippen LogP contribution in [0.15, 0.2) is 12.2 Å². The highest BCUT2D eigenvalue weighted by Crippen LogP contribution is 2.21. The predicted molar refractivity (Wildman–Crippen MR) is 242 cm³/mol. The smallest absolute Gasteiger partial charge is 0.307 e. The Morgan fingerprint density at radius 2 is 0.789 bits per heavy atom. The molecule has 0 spiro atoms. The first-order chi connectivity index (χ1) is 27.9. The minimum atomic E-state index is -0.182. The molecule has 0 N–H and O–H groups in total. The van der Waals surface area contributed by atoms with Gasteiger partial charge in [-0.2, -0.15) is 0 Å². The minimum absolute atomic E-state index is 0.105. The highest BCUT2D eigenvalue weighted by Gasteiger charge is 2.15. The number of carbonyl (C=O) groups is 3. The fourth-order valence-electron chi connectivity index (χ4n) is 7.35. The predicted octanol–water partition coefficient (Wildman–Crippen LogP) is 14.4. The Kier molecular flexibility index (Phi) is 43.7. The summed E-state index contributed by atoms with van der Waals surface area (Å²) in [6, 6.07) is 0. The molecule has 7 nitrogen and oxygen atoms in total. The third-order valence-corrected chi connectivity index (χ3v) is 11.2. The third kappa shape index (κ3) is 45.1. The summed E-state index contributed by atoms with van der Waals surface area (Å²) >= 11 is 0. The van der Waals surface area contributed by atoms with Crippen LogP contribution in [0.25, 0.3) is 0 Å². The van der Waals surface area contributed by atoms with Gasteiger partial charge in [-0.25, -0.2) is 0 Å². The standard InChI is InChI=1S/C50H95NO6/c1-5-7-9-11-13-15-17-19-21-22-24-26-27-29-31-35-44-55-48(52)38-34-33-37-47(42-46-57-50(54)41-43-51(3)4)39-40-49(53)56-45-36-32-30-28-25-23-20-18-16-14-12-10-8-6-2/h16,18,47H,5-15,17,19-46H2,1-4H3/b18-16-. The molecule has 0 radical (unpaired) electrons. The molecule has 0 aromatic carbocycles. The van der Waals surface area contributed by atoms with Crippen molar-refractivity contribution in [2.75, 3.05) is 40.5 Å². The first kappa shape index (κ1) is 55.1. The summed E-state index contributed by atoms with van der Waals surface area (Å²) in [6.07, 6.45) is 45.9. The maximum Gasteiger partial charge on any atom is 0.307 e. The maximum absolute atomic E-state index is 12.5. The van der Waals surface area contributed by atoms with Crippen molar-refractivity contribution in [2.24, 2.45) is 5.92 Å². The third-order valence-electron chi connectivity index (χ3n) is 11.2. The van der Waals surface area contributed by atoms with E-state index in [0.29, 0.717) is 52.0 Å². The van der Waals surface area contributed by atoms with Crippen molar-refractivity contribution in [3.63, 3.8) is 0 Å². The second-order valence-corrected chi connectivity index (χ2v) is 17.2. The van der Waals surface area contributed by atoms with Crippen molar-refractivity contribution in [1.29, 1.82) is 0 Å². The average molecular weight is 806 g/mol. The average Bonchev–Trinajstić information content (AvgIpc) is 3.20. The molecule has 0 bridgehead atoms. The van der Waals surface area contributed by atoms with Gasteiger partial charge in [-0.3, -0.25) is 14.4 Å². The van der Waals surface area contributed by atoms with E-state index < -0.39 is 0 Å². The summed E-state index contributed by atoms with van der Waals surface area (Å²) in [4.78, 5) is 39.0. The number of esters is 3. The van der Waals surface area contributed by atoms with Crippen LogP contribution in [0.1, 0.15) is 245 Å². The molecule has 57 heavy (non-hydrogen) atoms. The molecule has 0 heterocycles. The topological polar surface area (TPSA) is 82.1 Å². The van der Waals surface area contributed by atoms with E-state index in [4.69, 9.17) is 14.2 Å². The molecule has 1 atom stereocenters. The van der Waals surface area contributed by atoms with Gasteiger partial charge in [0, 0.05) is 19.4 Å². The van der Waals surface area contributed by atoms with Gasteiger partial charge in [0.1, 0.15) is 0 Å². The summed E-state index contributed by atoms with van der Waals surface area (Å²) < 4.78 is 16.6. The Labute approximate surface area is 354 Å². The van der Waals surface area contributed by atoms with E-state index in [-0.39, 0.29) is 23.8 Å². The van der Waals surface area contributed by atoms with Crippen LogP contribution < -0.4 is 0 Å². The molecule has 0 rings (SSSR count). The van der Waals surface area contributed by atoms with Gasteiger partial charge in [0.05, 0.1) is 26.2 Å². The van der Waals surface area contributed by atoms with Gasteiger partial charge in [0.2, 0.25) is 0 Å². The van der Waals surface area contributed by atoms with Crippen molar-refractivity contribution >= 4 is 17.9 Å². The van der Waals surface area contributed by atoms with E-state index in [9.17, 15) is 14.4 Å². The zero-order chi connectivity index (χ0) is 41.7. The van der Waals surface area contributed by atoms with Crippen LogP contribution in [-0.4, -0.2) is 63.3 Å². The number of ether oxygens (including phenoxy) is 3. The van der Waals surface area contributed by atoms with E-state index >= 15 is 0 Å². The normalized spacial score (nSPS) is 12.1. The van der Waals surface area contributed by atoms with Crippen LogP contribution in [0.5, 0.6) is 0 Å². The number of hydrogen-bond donors (Lipinski definition) is 0. The number of unbranched alkanes of at least 4 members (excludes halogenated alkanes) is 26. The molecule has 0 saturated heterocycles. The summed E-state index contributed by atoms with van der Waals surface area (Å²) in [5.74, 6) is -0.177. The quantitative estimate of drug-likeness (QED) is 0.0262. The molecule has 0 aliphatic rings. The van der Waals surface area contributed by atoms with Crippen molar-refractivity contribution in [2.45, 2.75) is 245 Å². The van der Waals surface area contributed by atoms with Gasteiger partial charge < -0.3 is 19.1 Å². The fourth-order valence-corrected chi connectivity index (χ4v) is 7.35. The lowest BCUT2D eigenvalue weighted by molar-refractivity contribution is -0.146. The Balaban J connectivity index is 4.05. The van der Waals surface area contributed by atoms with Crippen LogP contribution in [0, 0.1) is 5.92 Å². The van der Waals surface area contributed by atoms with E-state index in [1.165, 1.54) is 154 Å². The number of carbonyl (C=O) groups excluding carboxylic acids is 3. The molecule has 1 unspecified atom stereocenters. The Morgan fingerprint density at radius 1 is 0.404 bits per heavy atom. The molecule has 0 aromatic rings. The van der Waals surface area contributed by atoms with Crippen molar-refractivity contribution in [1.82, 2.24) is 4.90 Å². The fraction of sp³-hybridized carbons (Fsp3) is 0.900. The lowest BCUT2D eigenvalue weighted by Crippen LogP contribution is -2.19. The molecule has 0 aliphatic heterocycles. The number of rotatable bonds is 45. The van der Waals surface area contributed by atoms with Crippen LogP contribution in [0.4, 0.5) is 0 Å². The molecule has 0 fully saturated rings. The summed E-state index contributed by atoms with van der Waals surface area (Å²) in [6.45, 7) is 6.59. The second kappa shape index (κ2) is 45.2. The first-order valence-corrected chi connectivity index (χ1v) is 24.7. The van der Waals surface area contributed by atoms with Gasteiger partial charge in [-0.15, -0.1) is 0 Å². The summed E-state index contributed by atoms with van der Waals surface area (Å²) in [5, 5.41) is 0. The van der Waals surface area contributed by atoms with Crippen LogP contribution in [0.3, 0.4) is 0 Å². The molecule has 7 heteroatoms. The van der Waals surface area contributed by atoms with E-state index in [1.807, 2.05) is 19.0 Å². The second-order valence-electron chi connectivity index (χ2n) is 17.2. The number of hydrogen-bond acceptors (Lipinski definition) is 7. The summed E-state index contributed by atoms with van der Waals surface area (Å²) in [5.41, 5.74) is 0. The van der Waals surface area contributed by atoms with Gasteiger partial charge in [0.15, 0.2) is 0 Å². The Hall–Kier alpha value is -1.89. The van der Waals surface area contributed by atoms with E-state index in [0.717, 1.165) is 51.4 Å². The highest BCUT2D eigenvalue weighted by molar-refractivity contribution is 5.70. The largest absolute Gasteiger partial charge is 0.466 e. The monoisotopic (exact) mass is 806 g/mol. The maximum atomic E-state index is 12.5. The van der Waals surface area contributed by atoms with Crippen molar-refractivity contribution in [3.05, 3.63) is 12.2 Å². The van der Waals surface area contributed by atoms with E-state index in [1.54, 1.807) is 0 Å². The SMILES string of the molecule is CCCCCC/C=C\CCCCCCCCOC(=O)CCC(CCCCC(=O)OCCCCCCCCCCCCCCCCCC)CCOC(=O)CCN(C)C. The zero-order valence-corrected chi connectivity index (χ0v) is 38.4. The van der Waals surface area contributed by atoms with Gasteiger partial charge >= 0.3 is 17.9 Å². The Bertz CT molecular complexity index is 905. The number of allylic oxidation sites excluding steroid dienone is 2. The van der Waals surface area contributed by atoms with Crippen molar-refractivity contribution < 1.29 is 28.6 Å².